The zero-order valence-corrected chi connectivity index (χ0v) is 17.8. The SMILES string of the molecule is Cc1nc(NC(C)c2cccc(-c3cnn(C)c3)c2)cc(-c2ccc3[nH]ccc3c2)n1. The van der Waals surface area contributed by atoms with Crippen molar-refractivity contribution in [1.82, 2.24) is 24.7 Å². The van der Waals surface area contributed by atoms with E-state index < -0.39 is 0 Å². The molecular formula is C25H24N6. The van der Waals surface area contributed by atoms with Crippen molar-refractivity contribution in [3.8, 4) is 22.4 Å². The van der Waals surface area contributed by atoms with Crippen LogP contribution in [0.1, 0.15) is 24.4 Å². The van der Waals surface area contributed by atoms with Gasteiger partial charge in [-0.15, -0.1) is 0 Å². The van der Waals surface area contributed by atoms with Gasteiger partial charge in [0.05, 0.1) is 11.9 Å². The number of aryl methyl sites for hydroxylation is 2. The standard InChI is InChI=1S/C25H24N6/c1-16(18-5-4-6-19(11-18)22-14-27-31(3)15-22)28-25-13-24(29-17(2)30-25)20-7-8-23-21(12-20)9-10-26-23/h4-16,26H,1-3H3,(H,28,29,30). The predicted molar refractivity (Wildman–Crippen MR) is 125 cm³/mol. The van der Waals surface area contributed by atoms with Crippen LogP contribution in [0.3, 0.4) is 0 Å². The summed E-state index contributed by atoms with van der Waals surface area (Å²) in [6.45, 7) is 4.07. The smallest absolute Gasteiger partial charge is 0.130 e. The molecule has 3 heterocycles. The molecule has 154 valence electrons. The monoisotopic (exact) mass is 408 g/mol. The quantitative estimate of drug-likeness (QED) is 0.402. The van der Waals surface area contributed by atoms with Crippen LogP contribution in [0.4, 0.5) is 5.82 Å². The second-order valence-corrected chi connectivity index (χ2v) is 7.86. The Morgan fingerprint density at radius 2 is 1.87 bits per heavy atom. The summed E-state index contributed by atoms with van der Waals surface area (Å²) in [5.74, 6) is 1.56. The molecule has 3 aromatic heterocycles. The van der Waals surface area contributed by atoms with E-state index in [4.69, 9.17) is 0 Å². The Labute approximate surface area is 181 Å². The molecule has 2 aromatic carbocycles. The maximum absolute atomic E-state index is 4.66. The van der Waals surface area contributed by atoms with Crippen LogP contribution in [0.25, 0.3) is 33.3 Å². The number of H-pyrrole nitrogens is 1. The van der Waals surface area contributed by atoms with Gasteiger partial charge in [0.15, 0.2) is 0 Å². The number of nitrogens with one attached hydrogen (secondary N) is 2. The number of hydrogen-bond acceptors (Lipinski definition) is 4. The number of anilines is 1. The Hall–Kier alpha value is -3.93. The lowest BCUT2D eigenvalue weighted by atomic mass is 10.0. The minimum absolute atomic E-state index is 0.0888. The predicted octanol–water partition coefficient (Wildman–Crippen LogP) is 5.51. The molecule has 5 rings (SSSR count). The van der Waals surface area contributed by atoms with E-state index in [1.807, 2.05) is 43.3 Å². The van der Waals surface area contributed by atoms with Crippen LogP contribution in [0, 0.1) is 6.92 Å². The molecule has 1 unspecified atom stereocenters. The highest BCUT2D eigenvalue weighted by Gasteiger charge is 2.11. The van der Waals surface area contributed by atoms with Gasteiger partial charge in [0.25, 0.3) is 0 Å². The number of aromatic nitrogens is 5. The summed E-state index contributed by atoms with van der Waals surface area (Å²) in [5, 5.41) is 9.00. The Morgan fingerprint density at radius 1 is 0.968 bits per heavy atom. The molecule has 0 aliphatic heterocycles. The van der Waals surface area contributed by atoms with Gasteiger partial charge in [-0.05, 0) is 49.2 Å². The van der Waals surface area contributed by atoms with Gasteiger partial charge in [0, 0.05) is 53.6 Å². The molecular weight excluding hydrogens is 384 g/mol. The molecule has 1 atom stereocenters. The Morgan fingerprint density at radius 3 is 2.71 bits per heavy atom. The number of nitrogens with zero attached hydrogens (tertiary/aromatic N) is 4. The second-order valence-electron chi connectivity index (χ2n) is 7.86. The second kappa shape index (κ2) is 7.72. The zero-order chi connectivity index (χ0) is 21.4. The maximum atomic E-state index is 4.66. The molecule has 0 saturated heterocycles. The van der Waals surface area contributed by atoms with Crippen molar-refractivity contribution in [2.45, 2.75) is 19.9 Å². The first-order chi connectivity index (χ1) is 15.0. The van der Waals surface area contributed by atoms with Gasteiger partial charge < -0.3 is 10.3 Å². The van der Waals surface area contributed by atoms with Crippen LogP contribution in [-0.2, 0) is 7.05 Å². The third-order valence-electron chi connectivity index (χ3n) is 5.48. The minimum atomic E-state index is 0.0888. The van der Waals surface area contributed by atoms with E-state index in [-0.39, 0.29) is 6.04 Å². The fourth-order valence-corrected chi connectivity index (χ4v) is 3.87. The molecule has 0 radical (unpaired) electrons. The molecule has 0 fully saturated rings. The number of fused-ring (bicyclic) bond motifs is 1. The van der Waals surface area contributed by atoms with Gasteiger partial charge in [-0.1, -0.05) is 24.3 Å². The fourth-order valence-electron chi connectivity index (χ4n) is 3.87. The topological polar surface area (TPSA) is 71.4 Å². The first kappa shape index (κ1) is 19.1. The summed E-state index contributed by atoms with van der Waals surface area (Å²) in [6, 6.07) is 19.0. The molecule has 2 N–H and O–H groups in total. The Kier molecular flexibility index (Phi) is 4.75. The highest BCUT2D eigenvalue weighted by Crippen LogP contribution is 2.27. The Bertz CT molecular complexity index is 1360. The van der Waals surface area contributed by atoms with E-state index in [9.17, 15) is 0 Å². The van der Waals surface area contributed by atoms with E-state index in [2.05, 4.69) is 80.8 Å². The van der Waals surface area contributed by atoms with Crippen molar-refractivity contribution < 1.29 is 0 Å². The van der Waals surface area contributed by atoms with Gasteiger partial charge in [-0.2, -0.15) is 5.10 Å². The van der Waals surface area contributed by atoms with Gasteiger partial charge in [0.2, 0.25) is 0 Å². The van der Waals surface area contributed by atoms with Gasteiger partial charge in [-0.25, -0.2) is 9.97 Å². The molecule has 5 aromatic rings. The normalized spacial score (nSPS) is 12.2. The lowest BCUT2D eigenvalue weighted by Crippen LogP contribution is -2.09. The minimum Gasteiger partial charge on any atom is -0.363 e. The van der Waals surface area contributed by atoms with Gasteiger partial charge in [0.1, 0.15) is 11.6 Å². The van der Waals surface area contributed by atoms with E-state index in [1.165, 1.54) is 10.9 Å². The van der Waals surface area contributed by atoms with Gasteiger partial charge >= 0.3 is 0 Å². The van der Waals surface area contributed by atoms with Crippen LogP contribution in [-0.4, -0.2) is 24.7 Å². The van der Waals surface area contributed by atoms with Crippen LogP contribution in [0.5, 0.6) is 0 Å². The highest BCUT2D eigenvalue weighted by atomic mass is 15.2. The number of aromatic amines is 1. The van der Waals surface area contributed by atoms with Crippen molar-refractivity contribution in [2.75, 3.05) is 5.32 Å². The molecule has 6 heteroatoms. The fraction of sp³-hybridized carbons (Fsp3) is 0.160. The van der Waals surface area contributed by atoms with Crippen molar-refractivity contribution in [2.24, 2.45) is 7.05 Å². The summed E-state index contributed by atoms with van der Waals surface area (Å²) in [6.07, 6.45) is 5.87. The van der Waals surface area contributed by atoms with Crippen LogP contribution in [0.15, 0.2) is 73.2 Å². The molecule has 0 amide bonds. The van der Waals surface area contributed by atoms with Crippen molar-refractivity contribution in [3.63, 3.8) is 0 Å². The average molecular weight is 409 g/mol. The largest absolute Gasteiger partial charge is 0.363 e. The van der Waals surface area contributed by atoms with E-state index >= 15 is 0 Å². The van der Waals surface area contributed by atoms with Crippen molar-refractivity contribution >= 4 is 16.7 Å². The molecule has 0 bridgehead atoms. The summed E-state index contributed by atoms with van der Waals surface area (Å²) < 4.78 is 1.82. The van der Waals surface area contributed by atoms with Crippen molar-refractivity contribution in [1.29, 1.82) is 0 Å². The van der Waals surface area contributed by atoms with Crippen molar-refractivity contribution in [3.05, 3.63) is 84.6 Å². The highest BCUT2D eigenvalue weighted by molar-refractivity contribution is 5.84. The summed E-state index contributed by atoms with van der Waals surface area (Å²) in [4.78, 5) is 12.5. The van der Waals surface area contributed by atoms with E-state index in [0.29, 0.717) is 0 Å². The Balaban J connectivity index is 1.42. The summed E-state index contributed by atoms with van der Waals surface area (Å²) >= 11 is 0. The first-order valence-electron chi connectivity index (χ1n) is 10.3. The van der Waals surface area contributed by atoms with E-state index in [0.717, 1.165) is 39.5 Å². The lowest BCUT2D eigenvalue weighted by molar-refractivity contribution is 0.768. The van der Waals surface area contributed by atoms with Crippen LogP contribution < -0.4 is 5.32 Å². The van der Waals surface area contributed by atoms with Gasteiger partial charge in [-0.3, -0.25) is 4.68 Å². The van der Waals surface area contributed by atoms with E-state index in [1.54, 1.807) is 0 Å². The molecule has 0 aliphatic rings. The number of rotatable bonds is 5. The maximum Gasteiger partial charge on any atom is 0.130 e. The molecule has 6 nitrogen and oxygen atoms in total. The summed E-state index contributed by atoms with van der Waals surface area (Å²) in [5.41, 5.74) is 6.56. The van der Waals surface area contributed by atoms with Crippen LogP contribution in [0.2, 0.25) is 0 Å². The zero-order valence-electron chi connectivity index (χ0n) is 17.8. The summed E-state index contributed by atoms with van der Waals surface area (Å²) in [7, 11) is 1.93. The average Bonchev–Trinajstić information content (AvgIpc) is 3.41. The van der Waals surface area contributed by atoms with Crippen LogP contribution >= 0.6 is 0 Å². The first-order valence-corrected chi connectivity index (χ1v) is 10.3. The third kappa shape index (κ3) is 3.92. The molecule has 31 heavy (non-hydrogen) atoms. The molecule has 0 spiro atoms. The lowest BCUT2D eigenvalue weighted by Gasteiger charge is -2.17. The third-order valence-corrected chi connectivity index (χ3v) is 5.48. The molecule has 0 aliphatic carbocycles. The molecule has 0 saturated carbocycles. The number of hydrogen-bond donors (Lipinski definition) is 2. The number of benzene rings is 2.